The van der Waals surface area contributed by atoms with Gasteiger partial charge in [-0.15, -0.1) is 0 Å². The molecule has 2 N–H and O–H groups in total. The molecular formula is C10H16N2O2. The molecule has 1 amide bonds. The topological polar surface area (TPSA) is 69.1 Å². The molecule has 0 saturated heterocycles. The van der Waals surface area contributed by atoms with Gasteiger partial charge in [-0.05, 0) is 6.42 Å². The van der Waals surface area contributed by atoms with E-state index in [2.05, 4.69) is 25.8 Å². The number of primary amides is 1. The second-order valence-electron chi connectivity index (χ2n) is 4.00. The fourth-order valence-corrected chi connectivity index (χ4v) is 1.03. The molecule has 4 heteroatoms. The molecular weight excluding hydrogens is 180 g/mol. The third kappa shape index (κ3) is 2.34. The first-order valence-corrected chi connectivity index (χ1v) is 4.69. The maximum Gasteiger partial charge on any atom is 0.226 e. The van der Waals surface area contributed by atoms with Crippen molar-refractivity contribution in [1.29, 1.82) is 0 Å². The Kier molecular flexibility index (Phi) is 2.93. The molecule has 0 unspecified atom stereocenters. The highest BCUT2D eigenvalue weighted by molar-refractivity contribution is 5.75. The van der Waals surface area contributed by atoms with E-state index in [1.165, 1.54) is 0 Å². The lowest BCUT2D eigenvalue weighted by atomic mass is 9.88. The summed E-state index contributed by atoms with van der Waals surface area (Å²) in [7, 11) is 0. The molecule has 78 valence electrons. The van der Waals surface area contributed by atoms with Gasteiger partial charge in [-0.3, -0.25) is 4.79 Å². The van der Waals surface area contributed by atoms with Crippen molar-refractivity contribution in [1.82, 2.24) is 4.98 Å². The molecule has 0 aliphatic carbocycles. The highest BCUT2D eigenvalue weighted by Gasteiger charge is 2.23. The van der Waals surface area contributed by atoms with Gasteiger partial charge >= 0.3 is 0 Å². The lowest BCUT2D eigenvalue weighted by Gasteiger charge is -2.18. The minimum Gasteiger partial charge on any atom is -0.445 e. The first-order chi connectivity index (χ1) is 6.45. The number of hydrogen-bond acceptors (Lipinski definition) is 3. The zero-order valence-corrected chi connectivity index (χ0v) is 8.83. The van der Waals surface area contributed by atoms with Crippen molar-refractivity contribution in [3.05, 3.63) is 17.8 Å². The van der Waals surface area contributed by atoms with Gasteiger partial charge in [0.1, 0.15) is 12.2 Å². The normalized spacial score (nSPS) is 11.6. The zero-order chi connectivity index (χ0) is 10.8. The van der Waals surface area contributed by atoms with Gasteiger partial charge in [0, 0.05) is 5.41 Å². The second-order valence-corrected chi connectivity index (χ2v) is 4.00. The molecule has 1 aromatic heterocycles. The number of aromatic nitrogens is 1. The monoisotopic (exact) mass is 196 g/mol. The van der Waals surface area contributed by atoms with Gasteiger partial charge in [-0.25, -0.2) is 4.98 Å². The average molecular weight is 196 g/mol. The highest BCUT2D eigenvalue weighted by atomic mass is 16.4. The number of nitrogens with two attached hydrogens (primary N) is 1. The van der Waals surface area contributed by atoms with Gasteiger partial charge in [-0.1, -0.05) is 20.8 Å². The first kappa shape index (κ1) is 10.8. The Morgan fingerprint density at radius 3 is 2.79 bits per heavy atom. The van der Waals surface area contributed by atoms with E-state index in [4.69, 9.17) is 10.2 Å². The molecule has 1 aromatic rings. The van der Waals surface area contributed by atoms with Crippen LogP contribution in [0.4, 0.5) is 0 Å². The molecule has 0 aromatic carbocycles. The maximum atomic E-state index is 10.6. The summed E-state index contributed by atoms with van der Waals surface area (Å²) in [6.45, 7) is 6.22. The number of nitrogens with zero attached hydrogens (tertiary/aromatic N) is 1. The van der Waals surface area contributed by atoms with Crippen LogP contribution in [-0.4, -0.2) is 10.9 Å². The maximum absolute atomic E-state index is 10.6. The molecule has 0 atom stereocenters. The van der Waals surface area contributed by atoms with E-state index in [-0.39, 0.29) is 11.8 Å². The predicted molar refractivity (Wildman–Crippen MR) is 52.7 cm³/mol. The first-order valence-electron chi connectivity index (χ1n) is 4.69. The van der Waals surface area contributed by atoms with Crippen LogP contribution in [-0.2, 0) is 16.6 Å². The summed E-state index contributed by atoms with van der Waals surface area (Å²) < 4.78 is 5.44. The molecule has 0 saturated carbocycles. The van der Waals surface area contributed by atoms with Crippen LogP contribution in [0.15, 0.2) is 10.6 Å². The van der Waals surface area contributed by atoms with Crippen molar-refractivity contribution >= 4 is 5.91 Å². The third-order valence-electron chi connectivity index (χ3n) is 2.43. The van der Waals surface area contributed by atoms with Crippen molar-refractivity contribution in [2.75, 3.05) is 0 Å². The van der Waals surface area contributed by atoms with E-state index in [1.807, 2.05) is 0 Å². The van der Waals surface area contributed by atoms with Crippen molar-refractivity contribution in [3.8, 4) is 0 Å². The van der Waals surface area contributed by atoms with Gasteiger partial charge in [0.15, 0.2) is 0 Å². The van der Waals surface area contributed by atoms with Gasteiger partial charge in [0.2, 0.25) is 11.8 Å². The van der Waals surface area contributed by atoms with Crippen LogP contribution in [0.25, 0.3) is 0 Å². The number of carbonyl (C=O) groups excluding carboxylic acids is 1. The second kappa shape index (κ2) is 3.82. The van der Waals surface area contributed by atoms with Gasteiger partial charge in [-0.2, -0.15) is 0 Å². The number of hydrogen-bond donors (Lipinski definition) is 1. The van der Waals surface area contributed by atoms with Crippen LogP contribution in [0, 0.1) is 0 Å². The Morgan fingerprint density at radius 2 is 2.29 bits per heavy atom. The van der Waals surface area contributed by atoms with E-state index in [9.17, 15) is 4.79 Å². The summed E-state index contributed by atoms with van der Waals surface area (Å²) in [5.41, 5.74) is 5.00. The Balaban J connectivity index is 2.82. The molecule has 0 aliphatic rings. The lowest BCUT2D eigenvalue weighted by molar-refractivity contribution is -0.117. The number of oxazole rings is 1. The molecule has 0 radical (unpaired) electrons. The van der Waals surface area contributed by atoms with E-state index < -0.39 is 5.91 Å². The van der Waals surface area contributed by atoms with Crippen LogP contribution in [0.3, 0.4) is 0 Å². The Labute approximate surface area is 83.5 Å². The molecule has 0 aliphatic heterocycles. The molecule has 0 bridgehead atoms. The van der Waals surface area contributed by atoms with Crippen LogP contribution >= 0.6 is 0 Å². The van der Waals surface area contributed by atoms with Gasteiger partial charge < -0.3 is 10.2 Å². The fourth-order valence-electron chi connectivity index (χ4n) is 1.03. The third-order valence-corrected chi connectivity index (χ3v) is 2.43. The number of rotatable bonds is 4. The molecule has 1 heterocycles. The van der Waals surface area contributed by atoms with Crippen LogP contribution in [0.1, 0.15) is 38.8 Å². The summed E-state index contributed by atoms with van der Waals surface area (Å²) in [6, 6.07) is 0. The van der Waals surface area contributed by atoms with Crippen molar-refractivity contribution < 1.29 is 9.21 Å². The molecule has 14 heavy (non-hydrogen) atoms. The van der Waals surface area contributed by atoms with E-state index in [0.717, 1.165) is 12.2 Å². The standard InChI is InChI=1S/C10H16N2O2/c1-4-10(2,3)7-6-12-9(14-7)5-8(11)13/h6H,4-5H2,1-3H3,(H2,11,13). The predicted octanol–water partition coefficient (Wildman–Crippen LogP) is 1.39. The Bertz CT molecular complexity index is 329. The molecule has 1 rings (SSSR count). The smallest absolute Gasteiger partial charge is 0.226 e. The number of amides is 1. The van der Waals surface area contributed by atoms with Gasteiger partial charge in [0.05, 0.1) is 6.20 Å². The highest BCUT2D eigenvalue weighted by Crippen LogP contribution is 2.26. The van der Waals surface area contributed by atoms with Crippen molar-refractivity contribution in [2.45, 2.75) is 39.0 Å². The Morgan fingerprint density at radius 1 is 1.64 bits per heavy atom. The minimum absolute atomic E-state index is 0.0388. The van der Waals surface area contributed by atoms with E-state index in [1.54, 1.807) is 6.20 Å². The quantitative estimate of drug-likeness (QED) is 0.791. The lowest BCUT2D eigenvalue weighted by Crippen LogP contribution is -2.15. The average Bonchev–Trinajstić information content (AvgIpc) is 2.52. The zero-order valence-electron chi connectivity index (χ0n) is 8.83. The summed E-state index contributed by atoms with van der Waals surface area (Å²) in [6.07, 6.45) is 2.69. The number of carbonyl (C=O) groups is 1. The largest absolute Gasteiger partial charge is 0.445 e. The van der Waals surface area contributed by atoms with Gasteiger partial charge in [0.25, 0.3) is 0 Å². The molecule has 0 fully saturated rings. The van der Waals surface area contributed by atoms with Crippen LogP contribution in [0.5, 0.6) is 0 Å². The van der Waals surface area contributed by atoms with E-state index >= 15 is 0 Å². The Hall–Kier alpha value is -1.32. The SMILES string of the molecule is CCC(C)(C)c1cnc(CC(N)=O)o1. The van der Waals surface area contributed by atoms with Crippen molar-refractivity contribution in [2.24, 2.45) is 5.73 Å². The van der Waals surface area contributed by atoms with E-state index in [0.29, 0.717) is 5.89 Å². The molecule has 4 nitrogen and oxygen atoms in total. The van der Waals surface area contributed by atoms with Crippen LogP contribution in [0.2, 0.25) is 0 Å². The minimum atomic E-state index is -0.423. The summed E-state index contributed by atoms with van der Waals surface area (Å²) in [5.74, 6) is 0.776. The summed E-state index contributed by atoms with van der Waals surface area (Å²) >= 11 is 0. The summed E-state index contributed by atoms with van der Waals surface area (Å²) in [4.78, 5) is 14.6. The molecule has 0 spiro atoms. The van der Waals surface area contributed by atoms with Crippen molar-refractivity contribution in [3.63, 3.8) is 0 Å². The summed E-state index contributed by atoms with van der Waals surface area (Å²) in [5, 5.41) is 0. The fraction of sp³-hybridized carbons (Fsp3) is 0.600. The van der Waals surface area contributed by atoms with Crippen LogP contribution < -0.4 is 5.73 Å².